The number of fused-ring (bicyclic) bond motifs is 1. The minimum atomic E-state index is -3.82. The van der Waals surface area contributed by atoms with Gasteiger partial charge < -0.3 is 9.73 Å². The molecule has 8 nitrogen and oxygen atoms in total. The molecule has 1 aliphatic heterocycles. The molecule has 0 saturated carbocycles. The summed E-state index contributed by atoms with van der Waals surface area (Å²) in [5.74, 6) is -1.12. The van der Waals surface area contributed by atoms with Crippen molar-refractivity contribution in [2.24, 2.45) is 13.0 Å². The number of carbonyl (C=O) groups is 1. The van der Waals surface area contributed by atoms with Crippen LogP contribution in [-0.2, 0) is 21.9 Å². The zero-order valence-corrected chi connectivity index (χ0v) is 18.3. The molecule has 3 aromatic rings. The number of aryl methyl sites for hydroxylation is 1. The van der Waals surface area contributed by atoms with E-state index in [4.69, 9.17) is 4.42 Å². The monoisotopic (exact) mass is 443 g/mol. The van der Waals surface area contributed by atoms with Gasteiger partial charge in [0.1, 0.15) is 0 Å². The molecule has 0 aliphatic carbocycles. The molecule has 1 aliphatic rings. The van der Waals surface area contributed by atoms with Crippen LogP contribution < -0.4 is 11.1 Å². The van der Waals surface area contributed by atoms with E-state index >= 15 is 0 Å². The summed E-state index contributed by atoms with van der Waals surface area (Å²) in [5.41, 5.74) is 1.74. The van der Waals surface area contributed by atoms with Gasteiger partial charge in [0.15, 0.2) is 5.58 Å². The molecule has 1 amide bonds. The van der Waals surface area contributed by atoms with Gasteiger partial charge in [0.25, 0.3) is 0 Å². The van der Waals surface area contributed by atoms with Gasteiger partial charge in [-0.05, 0) is 37.5 Å². The molecule has 0 radical (unpaired) electrons. The fraction of sp³-hybridized carbons (Fsp3) is 0.364. The lowest BCUT2D eigenvalue weighted by Crippen LogP contribution is -2.45. The second-order valence-electron chi connectivity index (χ2n) is 7.90. The summed E-state index contributed by atoms with van der Waals surface area (Å²) >= 11 is 0. The first kappa shape index (κ1) is 21.3. The van der Waals surface area contributed by atoms with E-state index in [1.165, 1.54) is 21.0 Å². The van der Waals surface area contributed by atoms with E-state index in [1.807, 2.05) is 37.3 Å². The molecule has 31 heavy (non-hydrogen) atoms. The highest BCUT2D eigenvalue weighted by Gasteiger charge is 2.34. The van der Waals surface area contributed by atoms with Gasteiger partial charge in [-0.2, -0.15) is 4.31 Å². The molecule has 2 heterocycles. The number of oxazole rings is 1. The van der Waals surface area contributed by atoms with Crippen molar-refractivity contribution in [3.63, 3.8) is 0 Å². The van der Waals surface area contributed by atoms with Crippen molar-refractivity contribution >= 4 is 27.0 Å². The van der Waals surface area contributed by atoms with E-state index in [2.05, 4.69) is 5.32 Å². The number of hydrogen-bond acceptors (Lipinski definition) is 5. The summed E-state index contributed by atoms with van der Waals surface area (Å²) in [5, 5.41) is 3.00. The maximum atomic E-state index is 13.2. The van der Waals surface area contributed by atoms with Crippen LogP contribution in [0.15, 0.2) is 62.6 Å². The number of carbonyl (C=O) groups excluding carboxylic acids is 1. The number of amides is 1. The van der Waals surface area contributed by atoms with E-state index in [9.17, 15) is 18.0 Å². The molecule has 1 aromatic heterocycles. The lowest BCUT2D eigenvalue weighted by molar-refractivity contribution is -0.126. The van der Waals surface area contributed by atoms with E-state index in [-0.39, 0.29) is 29.0 Å². The molecule has 4 rings (SSSR count). The maximum absolute atomic E-state index is 13.2. The zero-order chi connectivity index (χ0) is 22.2. The molecule has 0 bridgehead atoms. The van der Waals surface area contributed by atoms with Crippen LogP contribution in [0.1, 0.15) is 31.4 Å². The fourth-order valence-corrected chi connectivity index (χ4v) is 5.49. The Bertz CT molecular complexity index is 1260. The second kappa shape index (κ2) is 8.32. The predicted octanol–water partition coefficient (Wildman–Crippen LogP) is 2.41. The van der Waals surface area contributed by atoms with Crippen LogP contribution >= 0.6 is 0 Å². The number of nitrogens with zero attached hydrogens (tertiary/aromatic N) is 2. The van der Waals surface area contributed by atoms with Gasteiger partial charge in [0.05, 0.1) is 22.4 Å². The summed E-state index contributed by atoms with van der Waals surface area (Å²) in [6, 6.07) is 13.9. The lowest BCUT2D eigenvalue weighted by atomic mass is 9.98. The van der Waals surface area contributed by atoms with Crippen LogP contribution in [0.4, 0.5) is 0 Å². The minimum Gasteiger partial charge on any atom is -0.408 e. The molecule has 0 spiro atoms. The summed E-state index contributed by atoms with van der Waals surface area (Å²) in [4.78, 5) is 24.6. The van der Waals surface area contributed by atoms with Crippen molar-refractivity contribution in [3.8, 4) is 0 Å². The Hall–Kier alpha value is -2.91. The third kappa shape index (κ3) is 4.15. The molecule has 2 aromatic carbocycles. The van der Waals surface area contributed by atoms with Gasteiger partial charge in [0, 0.05) is 26.2 Å². The molecule has 1 fully saturated rings. The standard InChI is InChI=1S/C22H25N3O5S/c1-15(16-7-4-3-5-8-16)23-21(26)17-9-6-12-25(14-17)31(28,29)18-10-11-19-20(13-18)30-22(27)24(19)2/h3-5,7-8,10-11,13,15,17H,6,9,12,14H2,1-2H3,(H,23,26)/t15-,17+/m1/s1. The minimum absolute atomic E-state index is 0.0491. The van der Waals surface area contributed by atoms with Crippen molar-refractivity contribution in [1.29, 1.82) is 0 Å². The van der Waals surface area contributed by atoms with Gasteiger partial charge in [0.2, 0.25) is 15.9 Å². The van der Waals surface area contributed by atoms with Gasteiger partial charge >= 0.3 is 5.76 Å². The fourth-order valence-electron chi connectivity index (χ4n) is 3.95. The number of benzene rings is 2. The summed E-state index contributed by atoms with van der Waals surface area (Å²) in [7, 11) is -2.26. The number of hydrogen-bond donors (Lipinski definition) is 1. The van der Waals surface area contributed by atoms with Crippen molar-refractivity contribution in [2.45, 2.75) is 30.7 Å². The highest BCUT2D eigenvalue weighted by molar-refractivity contribution is 7.89. The van der Waals surface area contributed by atoms with Gasteiger partial charge in [-0.3, -0.25) is 9.36 Å². The van der Waals surface area contributed by atoms with Crippen molar-refractivity contribution in [2.75, 3.05) is 13.1 Å². The Kier molecular flexibility index (Phi) is 5.72. The van der Waals surface area contributed by atoms with E-state index in [1.54, 1.807) is 13.1 Å². The predicted molar refractivity (Wildman–Crippen MR) is 116 cm³/mol. The molecule has 1 saturated heterocycles. The molecular weight excluding hydrogens is 418 g/mol. The normalized spacial score (nSPS) is 18.7. The van der Waals surface area contributed by atoms with Gasteiger partial charge in [-0.1, -0.05) is 30.3 Å². The third-order valence-corrected chi connectivity index (χ3v) is 7.68. The topological polar surface area (TPSA) is 102 Å². The van der Waals surface area contributed by atoms with Crippen LogP contribution in [0.2, 0.25) is 0 Å². The Balaban J connectivity index is 1.51. The molecule has 9 heteroatoms. The molecule has 2 atom stereocenters. The first-order chi connectivity index (χ1) is 14.8. The first-order valence-electron chi connectivity index (χ1n) is 10.2. The SMILES string of the molecule is C[C@@H](NC(=O)[C@H]1CCCN(S(=O)(=O)c2ccc3c(c2)oc(=O)n3C)C1)c1ccccc1. The van der Waals surface area contributed by atoms with Gasteiger partial charge in [-0.15, -0.1) is 0 Å². The van der Waals surface area contributed by atoms with E-state index in [0.717, 1.165) is 5.56 Å². The van der Waals surface area contributed by atoms with Crippen LogP contribution in [0.3, 0.4) is 0 Å². The van der Waals surface area contributed by atoms with Crippen LogP contribution in [0.5, 0.6) is 0 Å². The highest BCUT2D eigenvalue weighted by atomic mass is 32.2. The quantitative estimate of drug-likeness (QED) is 0.653. The summed E-state index contributed by atoms with van der Waals surface area (Å²) in [6.07, 6.45) is 1.23. The van der Waals surface area contributed by atoms with Crippen molar-refractivity contribution < 1.29 is 17.6 Å². The van der Waals surface area contributed by atoms with Crippen LogP contribution in [-0.4, -0.2) is 36.3 Å². The third-order valence-electron chi connectivity index (χ3n) is 5.81. The summed E-state index contributed by atoms with van der Waals surface area (Å²) in [6.45, 7) is 2.37. The molecule has 0 unspecified atom stereocenters. The zero-order valence-electron chi connectivity index (χ0n) is 17.4. The number of rotatable bonds is 5. The lowest BCUT2D eigenvalue weighted by Gasteiger charge is -2.32. The number of sulfonamides is 1. The number of nitrogens with one attached hydrogen (secondary N) is 1. The van der Waals surface area contributed by atoms with Crippen LogP contribution in [0.25, 0.3) is 11.1 Å². The molecular formula is C22H25N3O5S. The summed E-state index contributed by atoms with van der Waals surface area (Å²) < 4.78 is 34.2. The average Bonchev–Trinajstić information content (AvgIpc) is 3.07. The Morgan fingerprint density at radius 2 is 1.94 bits per heavy atom. The maximum Gasteiger partial charge on any atom is 0.419 e. The smallest absolute Gasteiger partial charge is 0.408 e. The van der Waals surface area contributed by atoms with Gasteiger partial charge in [-0.25, -0.2) is 13.2 Å². The average molecular weight is 444 g/mol. The molecule has 164 valence electrons. The highest BCUT2D eigenvalue weighted by Crippen LogP contribution is 2.26. The van der Waals surface area contributed by atoms with Crippen molar-refractivity contribution in [3.05, 3.63) is 64.6 Å². The largest absolute Gasteiger partial charge is 0.419 e. The molecule has 1 N–H and O–H groups in total. The first-order valence-corrected chi connectivity index (χ1v) is 11.7. The number of piperidine rings is 1. The number of aromatic nitrogens is 1. The Morgan fingerprint density at radius 1 is 1.19 bits per heavy atom. The van der Waals surface area contributed by atoms with Crippen molar-refractivity contribution in [1.82, 2.24) is 14.2 Å². The van der Waals surface area contributed by atoms with E-state index < -0.39 is 21.7 Å². The Labute approximate surface area is 180 Å². The van der Waals surface area contributed by atoms with Crippen LogP contribution in [0, 0.1) is 5.92 Å². The van der Waals surface area contributed by atoms with E-state index in [0.29, 0.717) is 24.9 Å². The Morgan fingerprint density at radius 3 is 2.68 bits per heavy atom. The second-order valence-corrected chi connectivity index (χ2v) is 9.84.